The molecule has 2 N–H and O–H groups in total. The quantitative estimate of drug-likeness (QED) is 0.882. The molecular formula is C14H16F2N4O3. The first kappa shape index (κ1) is 16.7. The van der Waals surface area contributed by atoms with E-state index in [-0.39, 0.29) is 5.69 Å². The molecule has 0 saturated heterocycles. The SMILES string of the molecule is CC[C@@H](NC(=O)Nc1cc(F)c(OC)c(F)c1)c1noc(C)n1. The lowest BCUT2D eigenvalue weighted by Gasteiger charge is -2.14. The zero-order chi connectivity index (χ0) is 17.0. The molecule has 2 aromatic rings. The number of carbonyl (C=O) groups is 1. The predicted octanol–water partition coefficient (Wildman–Crippen LogP) is 2.94. The van der Waals surface area contributed by atoms with Crippen LogP contribution in [-0.2, 0) is 0 Å². The Balaban J connectivity index is 2.07. The molecule has 0 fully saturated rings. The molecule has 0 radical (unpaired) electrons. The number of urea groups is 1. The van der Waals surface area contributed by atoms with E-state index in [9.17, 15) is 13.6 Å². The maximum absolute atomic E-state index is 13.6. The van der Waals surface area contributed by atoms with Crippen LogP contribution in [0, 0.1) is 18.6 Å². The zero-order valence-electron chi connectivity index (χ0n) is 12.8. The molecule has 2 rings (SSSR count). The van der Waals surface area contributed by atoms with E-state index >= 15 is 0 Å². The Morgan fingerprint density at radius 1 is 1.39 bits per heavy atom. The van der Waals surface area contributed by atoms with Crippen LogP contribution in [0.25, 0.3) is 0 Å². The number of carbonyl (C=O) groups excluding carboxylic acids is 1. The van der Waals surface area contributed by atoms with E-state index < -0.39 is 29.5 Å². The monoisotopic (exact) mass is 326 g/mol. The van der Waals surface area contributed by atoms with E-state index in [1.807, 2.05) is 6.92 Å². The average molecular weight is 326 g/mol. The van der Waals surface area contributed by atoms with E-state index in [2.05, 4.69) is 25.5 Å². The molecule has 0 saturated carbocycles. The van der Waals surface area contributed by atoms with Gasteiger partial charge in [0, 0.05) is 24.7 Å². The van der Waals surface area contributed by atoms with Crippen LogP contribution in [0.4, 0.5) is 19.3 Å². The molecule has 1 heterocycles. The lowest BCUT2D eigenvalue weighted by molar-refractivity contribution is 0.247. The summed E-state index contributed by atoms with van der Waals surface area (Å²) in [4.78, 5) is 16.0. The third-order valence-electron chi connectivity index (χ3n) is 3.03. The first-order valence-electron chi connectivity index (χ1n) is 6.85. The van der Waals surface area contributed by atoms with Crippen molar-refractivity contribution in [2.24, 2.45) is 0 Å². The van der Waals surface area contributed by atoms with Crippen LogP contribution >= 0.6 is 0 Å². The van der Waals surface area contributed by atoms with Gasteiger partial charge in [0.15, 0.2) is 23.2 Å². The second kappa shape index (κ2) is 7.03. The molecule has 0 spiro atoms. The third-order valence-corrected chi connectivity index (χ3v) is 3.03. The molecule has 9 heteroatoms. The minimum atomic E-state index is -0.913. The van der Waals surface area contributed by atoms with Gasteiger partial charge >= 0.3 is 6.03 Å². The van der Waals surface area contributed by atoms with Crippen LogP contribution in [0.1, 0.15) is 31.1 Å². The van der Waals surface area contributed by atoms with Crippen LogP contribution in [0.15, 0.2) is 16.7 Å². The standard InChI is InChI=1S/C14H16F2N4O3/c1-4-11(13-17-7(2)23-20-13)19-14(21)18-8-5-9(15)12(22-3)10(16)6-8/h5-6,11H,4H2,1-3H3,(H2,18,19,21)/t11-/m1/s1. The number of aryl methyl sites for hydroxylation is 1. The largest absolute Gasteiger partial charge is 0.491 e. The number of rotatable bonds is 5. The van der Waals surface area contributed by atoms with Crippen molar-refractivity contribution < 1.29 is 22.8 Å². The third kappa shape index (κ3) is 3.93. The van der Waals surface area contributed by atoms with Gasteiger partial charge in [-0.1, -0.05) is 12.1 Å². The highest BCUT2D eigenvalue weighted by molar-refractivity contribution is 5.89. The van der Waals surface area contributed by atoms with Crippen LogP contribution in [0.2, 0.25) is 0 Å². The fourth-order valence-corrected chi connectivity index (χ4v) is 1.96. The number of aromatic nitrogens is 2. The topological polar surface area (TPSA) is 89.3 Å². The Morgan fingerprint density at radius 2 is 2.04 bits per heavy atom. The van der Waals surface area contributed by atoms with Crippen molar-refractivity contribution in [1.82, 2.24) is 15.5 Å². The van der Waals surface area contributed by atoms with Crippen molar-refractivity contribution in [3.05, 3.63) is 35.5 Å². The summed E-state index contributed by atoms with van der Waals surface area (Å²) in [5.41, 5.74) is -0.0440. The van der Waals surface area contributed by atoms with Crippen molar-refractivity contribution >= 4 is 11.7 Å². The molecule has 1 atom stereocenters. The van der Waals surface area contributed by atoms with Crippen molar-refractivity contribution in [3.8, 4) is 5.75 Å². The van der Waals surface area contributed by atoms with Gasteiger partial charge in [-0.15, -0.1) is 0 Å². The Hall–Kier alpha value is -2.71. The first-order valence-corrected chi connectivity index (χ1v) is 6.85. The van der Waals surface area contributed by atoms with Crippen LogP contribution < -0.4 is 15.4 Å². The summed E-state index contributed by atoms with van der Waals surface area (Å²) in [7, 11) is 1.15. The van der Waals surface area contributed by atoms with E-state index in [1.54, 1.807) is 6.92 Å². The van der Waals surface area contributed by atoms with E-state index in [0.717, 1.165) is 19.2 Å². The average Bonchev–Trinajstić information content (AvgIpc) is 2.91. The summed E-state index contributed by atoms with van der Waals surface area (Å²) in [5, 5.41) is 8.68. The highest BCUT2D eigenvalue weighted by Crippen LogP contribution is 2.25. The number of anilines is 1. The second-order valence-corrected chi connectivity index (χ2v) is 4.70. The summed E-state index contributed by atoms with van der Waals surface area (Å²) in [5.74, 6) is -1.64. The molecule has 1 aromatic carbocycles. The number of nitrogens with zero attached hydrogens (tertiary/aromatic N) is 2. The lowest BCUT2D eigenvalue weighted by Crippen LogP contribution is -2.33. The number of nitrogens with one attached hydrogen (secondary N) is 2. The van der Waals surface area contributed by atoms with Crippen LogP contribution in [0.5, 0.6) is 5.75 Å². The van der Waals surface area contributed by atoms with E-state index in [0.29, 0.717) is 18.1 Å². The molecule has 2 amide bonds. The molecule has 0 aliphatic rings. The van der Waals surface area contributed by atoms with Gasteiger partial charge in [-0.05, 0) is 6.42 Å². The molecule has 0 unspecified atom stereocenters. The summed E-state index contributed by atoms with van der Waals surface area (Å²) >= 11 is 0. The van der Waals surface area contributed by atoms with Gasteiger partial charge in [0.05, 0.1) is 13.2 Å². The minimum Gasteiger partial charge on any atom is -0.491 e. The van der Waals surface area contributed by atoms with Gasteiger partial charge in [0.25, 0.3) is 0 Å². The van der Waals surface area contributed by atoms with Crippen LogP contribution in [-0.4, -0.2) is 23.3 Å². The maximum atomic E-state index is 13.6. The fourth-order valence-electron chi connectivity index (χ4n) is 1.96. The maximum Gasteiger partial charge on any atom is 0.319 e. The lowest BCUT2D eigenvalue weighted by atomic mass is 10.2. The summed E-state index contributed by atoms with van der Waals surface area (Å²) in [6, 6.07) is 0.783. The Kier molecular flexibility index (Phi) is 5.09. The van der Waals surface area contributed by atoms with Gasteiger partial charge in [-0.3, -0.25) is 0 Å². The van der Waals surface area contributed by atoms with Gasteiger partial charge in [0.1, 0.15) is 0 Å². The molecule has 1 aromatic heterocycles. The van der Waals surface area contributed by atoms with Gasteiger partial charge in [-0.2, -0.15) is 4.98 Å². The zero-order valence-corrected chi connectivity index (χ0v) is 12.8. The van der Waals surface area contributed by atoms with Gasteiger partial charge in [-0.25, -0.2) is 13.6 Å². The Bertz CT molecular complexity index is 682. The predicted molar refractivity (Wildman–Crippen MR) is 77.1 cm³/mol. The molecule has 0 aliphatic heterocycles. The highest BCUT2D eigenvalue weighted by atomic mass is 19.1. The van der Waals surface area contributed by atoms with E-state index in [1.165, 1.54) is 0 Å². The number of halogens is 2. The number of benzene rings is 1. The number of ether oxygens (including phenoxy) is 1. The summed E-state index contributed by atoms with van der Waals surface area (Å²) in [6.07, 6.45) is 0.512. The molecule has 0 aliphatic carbocycles. The van der Waals surface area contributed by atoms with E-state index in [4.69, 9.17) is 4.52 Å². The summed E-state index contributed by atoms with van der Waals surface area (Å²) < 4.78 is 36.6. The van der Waals surface area contributed by atoms with Gasteiger partial charge in [0.2, 0.25) is 5.89 Å². The minimum absolute atomic E-state index is 0.0440. The molecule has 0 bridgehead atoms. The highest BCUT2D eigenvalue weighted by Gasteiger charge is 2.19. The smallest absolute Gasteiger partial charge is 0.319 e. The molecule has 7 nitrogen and oxygen atoms in total. The number of hydrogen-bond acceptors (Lipinski definition) is 5. The Morgan fingerprint density at radius 3 is 2.52 bits per heavy atom. The fraction of sp³-hybridized carbons (Fsp3) is 0.357. The van der Waals surface area contributed by atoms with Crippen molar-refractivity contribution in [1.29, 1.82) is 0 Å². The number of methoxy groups -OCH3 is 1. The van der Waals surface area contributed by atoms with Crippen molar-refractivity contribution in [3.63, 3.8) is 0 Å². The second-order valence-electron chi connectivity index (χ2n) is 4.70. The molecule has 23 heavy (non-hydrogen) atoms. The molecule has 124 valence electrons. The van der Waals surface area contributed by atoms with Crippen molar-refractivity contribution in [2.75, 3.05) is 12.4 Å². The molecular weight excluding hydrogens is 310 g/mol. The number of hydrogen-bond donors (Lipinski definition) is 2. The number of amides is 2. The van der Waals surface area contributed by atoms with Gasteiger partial charge < -0.3 is 19.9 Å². The van der Waals surface area contributed by atoms with Crippen LogP contribution in [0.3, 0.4) is 0 Å². The summed E-state index contributed by atoms with van der Waals surface area (Å²) in [6.45, 7) is 3.45. The van der Waals surface area contributed by atoms with Crippen molar-refractivity contribution in [2.45, 2.75) is 26.3 Å². The first-order chi connectivity index (χ1) is 10.9. The Labute approximate surface area is 131 Å². The normalized spacial score (nSPS) is 11.9.